The molecule has 92 valence electrons. The summed E-state index contributed by atoms with van der Waals surface area (Å²) in [6.45, 7) is 3.38. The van der Waals surface area contributed by atoms with Gasteiger partial charge in [-0.05, 0) is 19.9 Å². The standard InChI is InChI=1S/C11H13ClN2O3/c1-7-3-4-9(5-10(7)14(16)17)11(15)13-8(2)6-12/h3-5,8H,6H2,1-2H3,(H,13,15). The van der Waals surface area contributed by atoms with Crippen LogP contribution in [0.4, 0.5) is 5.69 Å². The summed E-state index contributed by atoms with van der Waals surface area (Å²) in [6.07, 6.45) is 0. The maximum Gasteiger partial charge on any atom is 0.273 e. The van der Waals surface area contributed by atoms with E-state index in [1.807, 2.05) is 0 Å². The molecule has 1 aromatic carbocycles. The SMILES string of the molecule is Cc1ccc(C(=O)NC(C)CCl)cc1[N+](=O)[O-]. The molecule has 1 amide bonds. The summed E-state index contributed by atoms with van der Waals surface area (Å²) in [5.74, 6) is -0.0686. The van der Waals surface area contributed by atoms with Gasteiger partial charge < -0.3 is 5.32 Å². The van der Waals surface area contributed by atoms with Gasteiger partial charge in [0.05, 0.1) is 4.92 Å². The van der Waals surface area contributed by atoms with Crippen molar-refractivity contribution in [1.82, 2.24) is 5.32 Å². The molecule has 0 saturated carbocycles. The Balaban J connectivity index is 2.96. The molecule has 0 aliphatic carbocycles. The number of nitro groups is 1. The molecular formula is C11H13ClN2O3. The number of hydrogen-bond acceptors (Lipinski definition) is 3. The zero-order valence-corrected chi connectivity index (χ0v) is 10.3. The van der Waals surface area contributed by atoms with E-state index >= 15 is 0 Å². The zero-order chi connectivity index (χ0) is 13.0. The first-order valence-electron chi connectivity index (χ1n) is 5.07. The highest BCUT2D eigenvalue weighted by Crippen LogP contribution is 2.19. The Morgan fingerprint density at radius 3 is 2.76 bits per heavy atom. The van der Waals surface area contributed by atoms with Crippen LogP contribution in [0.25, 0.3) is 0 Å². The third kappa shape index (κ3) is 3.42. The van der Waals surface area contributed by atoms with Crippen molar-refractivity contribution in [3.05, 3.63) is 39.4 Å². The zero-order valence-electron chi connectivity index (χ0n) is 9.57. The van der Waals surface area contributed by atoms with Crippen LogP contribution in [0.3, 0.4) is 0 Å². The number of alkyl halides is 1. The second kappa shape index (κ2) is 5.63. The van der Waals surface area contributed by atoms with Crippen LogP contribution in [-0.4, -0.2) is 22.8 Å². The largest absolute Gasteiger partial charge is 0.348 e. The number of rotatable bonds is 4. The van der Waals surface area contributed by atoms with E-state index < -0.39 is 4.92 Å². The number of nitro benzene ring substituents is 1. The number of hydrogen-bond donors (Lipinski definition) is 1. The second-order valence-corrected chi connectivity index (χ2v) is 4.10. The number of carbonyl (C=O) groups is 1. The molecular weight excluding hydrogens is 244 g/mol. The van der Waals surface area contributed by atoms with Crippen LogP contribution in [0, 0.1) is 17.0 Å². The van der Waals surface area contributed by atoms with Gasteiger partial charge in [0, 0.05) is 29.1 Å². The van der Waals surface area contributed by atoms with Crippen LogP contribution in [0.15, 0.2) is 18.2 Å². The lowest BCUT2D eigenvalue weighted by Crippen LogP contribution is -2.33. The Kier molecular flexibility index (Phi) is 4.45. The molecule has 0 bridgehead atoms. The van der Waals surface area contributed by atoms with Crippen molar-refractivity contribution in [2.45, 2.75) is 19.9 Å². The van der Waals surface area contributed by atoms with Crippen LogP contribution >= 0.6 is 11.6 Å². The van der Waals surface area contributed by atoms with Crippen molar-refractivity contribution >= 4 is 23.2 Å². The van der Waals surface area contributed by atoms with Crippen molar-refractivity contribution in [1.29, 1.82) is 0 Å². The van der Waals surface area contributed by atoms with Crippen LogP contribution in [-0.2, 0) is 0 Å². The topological polar surface area (TPSA) is 72.2 Å². The van der Waals surface area contributed by atoms with E-state index in [1.165, 1.54) is 6.07 Å². The van der Waals surface area contributed by atoms with E-state index in [2.05, 4.69) is 5.32 Å². The molecule has 5 nitrogen and oxygen atoms in total. The fraction of sp³-hybridized carbons (Fsp3) is 0.364. The van der Waals surface area contributed by atoms with Crippen molar-refractivity contribution in [2.24, 2.45) is 0 Å². The first kappa shape index (κ1) is 13.4. The van der Waals surface area contributed by atoms with Gasteiger partial charge in [-0.3, -0.25) is 14.9 Å². The van der Waals surface area contributed by atoms with Gasteiger partial charge in [-0.2, -0.15) is 0 Å². The Bertz CT molecular complexity index is 448. The molecule has 0 radical (unpaired) electrons. The van der Waals surface area contributed by atoms with Crippen LogP contribution < -0.4 is 5.32 Å². The first-order chi connectivity index (χ1) is 7.95. The number of benzene rings is 1. The molecule has 6 heteroatoms. The van der Waals surface area contributed by atoms with Crippen LogP contribution in [0.5, 0.6) is 0 Å². The maximum atomic E-state index is 11.7. The van der Waals surface area contributed by atoms with Crippen molar-refractivity contribution < 1.29 is 9.72 Å². The Morgan fingerprint density at radius 2 is 2.24 bits per heavy atom. The lowest BCUT2D eigenvalue weighted by molar-refractivity contribution is -0.385. The number of aryl methyl sites for hydroxylation is 1. The van der Waals surface area contributed by atoms with Crippen molar-refractivity contribution in [3.8, 4) is 0 Å². The average Bonchev–Trinajstić information content (AvgIpc) is 2.28. The lowest BCUT2D eigenvalue weighted by Gasteiger charge is -2.10. The number of nitrogens with one attached hydrogen (secondary N) is 1. The summed E-state index contributed by atoms with van der Waals surface area (Å²) < 4.78 is 0. The summed E-state index contributed by atoms with van der Waals surface area (Å²) in [7, 11) is 0. The molecule has 0 fully saturated rings. The molecule has 0 aliphatic heterocycles. The molecule has 0 heterocycles. The highest BCUT2D eigenvalue weighted by Gasteiger charge is 2.15. The van der Waals surface area contributed by atoms with Crippen molar-refractivity contribution in [2.75, 3.05) is 5.88 Å². The monoisotopic (exact) mass is 256 g/mol. The molecule has 1 atom stereocenters. The lowest BCUT2D eigenvalue weighted by atomic mass is 10.1. The van der Waals surface area contributed by atoms with Gasteiger partial charge in [0.25, 0.3) is 11.6 Å². The quantitative estimate of drug-likeness (QED) is 0.510. The third-order valence-corrected chi connectivity index (χ3v) is 2.74. The van der Waals surface area contributed by atoms with E-state index in [0.717, 1.165) is 0 Å². The van der Waals surface area contributed by atoms with Gasteiger partial charge >= 0.3 is 0 Å². The van der Waals surface area contributed by atoms with E-state index in [4.69, 9.17) is 11.6 Å². The summed E-state index contributed by atoms with van der Waals surface area (Å²) >= 11 is 5.57. The molecule has 1 aromatic rings. The van der Waals surface area contributed by atoms with Crippen LogP contribution in [0.1, 0.15) is 22.8 Å². The van der Waals surface area contributed by atoms with Gasteiger partial charge in [0.15, 0.2) is 0 Å². The minimum Gasteiger partial charge on any atom is -0.348 e. The molecule has 17 heavy (non-hydrogen) atoms. The van der Waals surface area contributed by atoms with Gasteiger partial charge in [-0.15, -0.1) is 11.6 Å². The van der Waals surface area contributed by atoms with E-state index in [-0.39, 0.29) is 23.2 Å². The first-order valence-corrected chi connectivity index (χ1v) is 5.61. The van der Waals surface area contributed by atoms with E-state index in [9.17, 15) is 14.9 Å². The van der Waals surface area contributed by atoms with Gasteiger partial charge in [0.1, 0.15) is 0 Å². The minimum atomic E-state index is -0.503. The Morgan fingerprint density at radius 1 is 1.59 bits per heavy atom. The summed E-state index contributed by atoms with van der Waals surface area (Å²) in [5, 5.41) is 13.4. The molecule has 0 aromatic heterocycles. The molecule has 0 saturated heterocycles. The number of halogens is 1. The molecule has 1 N–H and O–H groups in total. The number of amides is 1. The predicted molar refractivity (Wildman–Crippen MR) is 65.5 cm³/mol. The van der Waals surface area contributed by atoms with Crippen molar-refractivity contribution in [3.63, 3.8) is 0 Å². The number of carbonyl (C=O) groups excluding carboxylic acids is 1. The normalized spacial score (nSPS) is 11.9. The molecule has 0 aliphatic rings. The van der Waals surface area contributed by atoms with Gasteiger partial charge in [-0.25, -0.2) is 0 Å². The third-order valence-electron chi connectivity index (χ3n) is 2.28. The minimum absolute atomic E-state index is 0.0591. The van der Waals surface area contributed by atoms with E-state index in [0.29, 0.717) is 11.4 Å². The Labute approximate surface area is 104 Å². The van der Waals surface area contributed by atoms with Crippen LogP contribution in [0.2, 0.25) is 0 Å². The fourth-order valence-corrected chi connectivity index (χ4v) is 1.37. The molecule has 1 rings (SSSR count). The highest BCUT2D eigenvalue weighted by atomic mass is 35.5. The predicted octanol–water partition coefficient (Wildman–Crippen LogP) is 2.26. The van der Waals surface area contributed by atoms with Gasteiger partial charge in [-0.1, -0.05) is 6.07 Å². The highest BCUT2D eigenvalue weighted by molar-refractivity contribution is 6.18. The summed E-state index contributed by atoms with van der Waals surface area (Å²) in [5.41, 5.74) is 0.729. The Hall–Kier alpha value is -1.62. The molecule has 0 spiro atoms. The van der Waals surface area contributed by atoms with E-state index in [1.54, 1.807) is 26.0 Å². The number of nitrogens with zero attached hydrogens (tertiary/aromatic N) is 1. The fourth-order valence-electron chi connectivity index (χ4n) is 1.29. The summed E-state index contributed by atoms with van der Waals surface area (Å²) in [6, 6.07) is 4.20. The average molecular weight is 257 g/mol. The molecule has 1 unspecified atom stereocenters. The smallest absolute Gasteiger partial charge is 0.273 e. The second-order valence-electron chi connectivity index (χ2n) is 3.79. The van der Waals surface area contributed by atoms with Gasteiger partial charge in [0.2, 0.25) is 0 Å². The summed E-state index contributed by atoms with van der Waals surface area (Å²) in [4.78, 5) is 21.9. The maximum absolute atomic E-state index is 11.7.